The number of rotatable bonds is 6. The van der Waals surface area contributed by atoms with Crippen LogP contribution in [0.5, 0.6) is 0 Å². The second kappa shape index (κ2) is 7.72. The van der Waals surface area contributed by atoms with Crippen LogP contribution in [-0.2, 0) is 23.4 Å². The molecule has 1 aromatic rings. The number of nitrogens with one attached hydrogen (secondary N) is 1. The third-order valence-electron chi connectivity index (χ3n) is 5.64. The normalized spacial score (nSPS) is 31.5. The Morgan fingerprint density at radius 3 is 2.84 bits per heavy atom. The summed E-state index contributed by atoms with van der Waals surface area (Å²) in [7, 11) is -1.07. The average Bonchev–Trinajstić information content (AvgIpc) is 3.11. The molecular weight excluding hydrogens is 343 g/mol. The Hall–Kier alpha value is -0.990. The van der Waals surface area contributed by atoms with Crippen molar-refractivity contribution in [2.75, 3.05) is 19.3 Å². The van der Waals surface area contributed by atoms with Crippen LogP contribution in [0.15, 0.2) is 12.3 Å². The van der Waals surface area contributed by atoms with Gasteiger partial charge in [0.05, 0.1) is 10.9 Å². The molecule has 3 rings (SSSR count). The molecule has 0 amide bonds. The first-order valence-electron chi connectivity index (χ1n) is 9.10. The van der Waals surface area contributed by atoms with Crippen molar-refractivity contribution in [1.82, 2.24) is 20.0 Å². The predicted octanol–water partition coefficient (Wildman–Crippen LogP) is 1.28. The van der Waals surface area contributed by atoms with Gasteiger partial charge in [0, 0.05) is 51.2 Å². The van der Waals surface area contributed by atoms with Gasteiger partial charge in [-0.05, 0) is 31.7 Å². The number of hydrogen-bond donors (Lipinski definition) is 1. The maximum absolute atomic E-state index is 14.0. The van der Waals surface area contributed by atoms with Crippen LogP contribution < -0.4 is 5.32 Å². The minimum Gasteiger partial charge on any atom is -0.312 e. The van der Waals surface area contributed by atoms with Crippen molar-refractivity contribution in [3.8, 4) is 0 Å². The van der Waals surface area contributed by atoms with Crippen molar-refractivity contribution in [1.29, 1.82) is 0 Å². The quantitative estimate of drug-likeness (QED) is 0.815. The molecule has 2 fully saturated rings. The molecule has 6 nitrogen and oxygen atoms in total. The maximum Gasteiger partial charge on any atom is 0.150 e. The zero-order valence-electron chi connectivity index (χ0n) is 15.1. The van der Waals surface area contributed by atoms with E-state index in [0.717, 1.165) is 25.0 Å². The molecule has 0 aromatic carbocycles. The average molecular weight is 373 g/mol. The van der Waals surface area contributed by atoms with E-state index in [1.807, 2.05) is 17.8 Å². The summed E-state index contributed by atoms with van der Waals surface area (Å²) >= 11 is 0. The number of likely N-dealkylation sites (tertiary alicyclic amines) is 1. The van der Waals surface area contributed by atoms with Gasteiger partial charge in [0.15, 0.2) is 0 Å². The fourth-order valence-corrected chi connectivity index (χ4v) is 5.29. The number of alkyl halides is 1. The van der Waals surface area contributed by atoms with Crippen LogP contribution in [-0.4, -0.2) is 65.9 Å². The molecule has 1 aliphatic heterocycles. The van der Waals surface area contributed by atoms with E-state index in [4.69, 9.17) is 0 Å². The van der Waals surface area contributed by atoms with E-state index < -0.39 is 16.0 Å². The lowest BCUT2D eigenvalue weighted by Gasteiger charge is -2.31. The van der Waals surface area contributed by atoms with Crippen molar-refractivity contribution in [3.63, 3.8) is 0 Å². The van der Waals surface area contributed by atoms with E-state index >= 15 is 0 Å². The summed E-state index contributed by atoms with van der Waals surface area (Å²) in [6.45, 7) is 1.85. The Kier molecular flexibility index (Phi) is 5.80. The number of nitrogens with zero attached hydrogens (tertiary/aromatic N) is 3. The molecule has 8 heteroatoms. The van der Waals surface area contributed by atoms with Crippen molar-refractivity contribution in [2.45, 2.75) is 62.2 Å². The Morgan fingerprint density at radius 1 is 1.36 bits per heavy atom. The smallest absolute Gasteiger partial charge is 0.150 e. The van der Waals surface area contributed by atoms with Crippen molar-refractivity contribution < 1.29 is 12.8 Å². The lowest BCUT2D eigenvalue weighted by molar-refractivity contribution is 0.216. The predicted molar refractivity (Wildman–Crippen MR) is 95.8 cm³/mol. The van der Waals surface area contributed by atoms with E-state index in [2.05, 4.69) is 15.3 Å². The summed E-state index contributed by atoms with van der Waals surface area (Å²) in [5.41, 5.74) is 1.08. The first kappa shape index (κ1) is 18.8. The summed E-state index contributed by atoms with van der Waals surface area (Å²) in [6.07, 6.45) is 6.21. The monoisotopic (exact) mass is 372 g/mol. The Morgan fingerprint density at radius 2 is 2.16 bits per heavy atom. The van der Waals surface area contributed by atoms with Crippen LogP contribution >= 0.6 is 0 Å². The molecule has 1 saturated heterocycles. The second-order valence-corrected chi connectivity index (χ2v) is 9.91. The fraction of sp³-hybridized carbons (Fsp3) is 0.824. The van der Waals surface area contributed by atoms with E-state index in [9.17, 15) is 12.8 Å². The first-order chi connectivity index (χ1) is 11.8. The molecule has 0 spiro atoms. The number of aromatic nitrogens is 2. The molecule has 1 saturated carbocycles. The zero-order chi connectivity index (χ0) is 18.0. The van der Waals surface area contributed by atoms with Gasteiger partial charge in [0.2, 0.25) is 0 Å². The highest BCUT2D eigenvalue weighted by Gasteiger charge is 2.34. The highest BCUT2D eigenvalue weighted by Crippen LogP contribution is 2.26. The molecule has 1 N–H and O–H groups in total. The van der Waals surface area contributed by atoms with E-state index in [1.165, 1.54) is 6.26 Å². The molecule has 2 heterocycles. The van der Waals surface area contributed by atoms with E-state index in [0.29, 0.717) is 32.5 Å². The summed E-state index contributed by atoms with van der Waals surface area (Å²) < 4.78 is 39.4. The highest BCUT2D eigenvalue weighted by atomic mass is 32.2. The highest BCUT2D eigenvalue weighted by molar-refractivity contribution is 7.91. The van der Waals surface area contributed by atoms with Crippen molar-refractivity contribution in [2.24, 2.45) is 7.05 Å². The summed E-state index contributed by atoms with van der Waals surface area (Å²) in [4.78, 5) is 2.17. The molecule has 2 aliphatic rings. The topological polar surface area (TPSA) is 67.2 Å². The van der Waals surface area contributed by atoms with Gasteiger partial charge in [0.25, 0.3) is 0 Å². The van der Waals surface area contributed by atoms with Crippen LogP contribution in [0.4, 0.5) is 4.39 Å². The standard InChI is InChI=1S/C17H29FN4O2S/c1-21-15(6-7-20-21)12-22-11-13(18)8-16(22)10-19-14-4-3-5-17(9-14)25(2,23)24/h6-7,13-14,16-17,19H,3-5,8-12H2,1-2H3/t13-,14-,16-,17-/m0/s1. The van der Waals surface area contributed by atoms with Crippen LogP contribution in [0, 0.1) is 0 Å². The Bertz CT molecular complexity index is 678. The summed E-state index contributed by atoms with van der Waals surface area (Å²) in [5.74, 6) is 0. The minimum atomic E-state index is -2.97. The van der Waals surface area contributed by atoms with Crippen LogP contribution in [0.25, 0.3) is 0 Å². The van der Waals surface area contributed by atoms with Gasteiger partial charge in [-0.3, -0.25) is 9.58 Å². The van der Waals surface area contributed by atoms with Gasteiger partial charge in [0.1, 0.15) is 16.0 Å². The first-order valence-corrected chi connectivity index (χ1v) is 11.1. The Balaban J connectivity index is 1.55. The molecule has 0 unspecified atom stereocenters. The molecule has 1 aromatic heterocycles. The number of halogens is 1. The van der Waals surface area contributed by atoms with Crippen molar-refractivity contribution in [3.05, 3.63) is 18.0 Å². The largest absolute Gasteiger partial charge is 0.312 e. The second-order valence-electron chi connectivity index (χ2n) is 7.59. The molecule has 142 valence electrons. The molecule has 0 bridgehead atoms. The van der Waals surface area contributed by atoms with Gasteiger partial charge in [-0.25, -0.2) is 12.8 Å². The van der Waals surface area contributed by atoms with Gasteiger partial charge in [-0.1, -0.05) is 6.42 Å². The number of hydrogen-bond acceptors (Lipinski definition) is 5. The molecule has 4 atom stereocenters. The van der Waals surface area contributed by atoms with Crippen LogP contribution in [0.1, 0.15) is 37.8 Å². The lowest BCUT2D eigenvalue weighted by atomic mass is 9.94. The van der Waals surface area contributed by atoms with E-state index in [1.54, 1.807) is 6.20 Å². The SMILES string of the molecule is Cn1nccc1CN1C[C@@H](F)C[C@H]1CN[C@H]1CCC[C@H](S(C)(=O)=O)C1. The van der Waals surface area contributed by atoms with Gasteiger partial charge in [-0.15, -0.1) is 0 Å². The van der Waals surface area contributed by atoms with Gasteiger partial charge >= 0.3 is 0 Å². The lowest BCUT2D eigenvalue weighted by Crippen LogP contribution is -2.45. The van der Waals surface area contributed by atoms with Gasteiger partial charge < -0.3 is 5.32 Å². The Labute approximate surface area is 149 Å². The summed E-state index contributed by atoms with van der Waals surface area (Å²) in [5, 5.41) is 7.46. The van der Waals surface area contributed by atoms with E-state index in [-0.39, 0.29) is 17.3 Å². The number of sulfone groups is 1. The summed E-state index contributed by atoms with van der Waals surface area (Å²) in [6, 6.07) is 2.32. The van der Waals surface area contributed by atoms with Gasteiger partial charge in [-0.2, -0.15) is 5.10 Å². The number of aryl methyl sites for hydroxylation is 1. The van der Waals surface area contributed by atoms with Crippen molar-refractivity contribution >= 4 is 9.84 Å². The third kappa shape index (κ3) is 4.80. The molecule has 1 aliphatic carbocycles. The van der Waals surface area contributed by atoms with Crippen LogP contribution in [0.2, 0.25) is 0 Å². The molecule has 0 radical (unpaired) electrons. The minimum absolute atomic E-state index is 0.142. The zero-order valence-corrected chi connectivity index (χ0v) is 15.9. The third-order valence-corrected chi connectivity index (χ3v) is 7.28. The van der Waals surface area contributed by atoms with Crippen LogP contribution in [0.3, 0.4) is 0 Å². The molecular formula is C17H29FN4O2S. The molecule has 25 heavy (non-hydrogen) atoms. The fourth-order valence-electron chi connectivity index (χ4n) is 4.11. The maximum atomic E-state index is 14.0.